The first-order chi connectivity index (χ1) is 15.8. The van der Waals surface area contributed by atoms with Crippen molar-refractivity contribution in [2.75, 3.05) is 24.5 Å². The van der Waals surface area contributed by atoms with E-state index in [0.717, 1.165) is 28.9 Å². The Morgan fingerprint density at radius 2 is 1.64 bits per heavy atom. The minimum absolute atomic E-state index is 0.146. The summed E-state index contributed by atoms with van der Waals surface area (Å²) in [5.74, 6) is 0.464. The molecule has 0 radical (unpaired) electrons. The summed E-state index contributed by atoms with van der Waals surface area (Å²) in [5.41, 5.74) is 3.54. The second kappa shape index (κ2) is 11.0. The quantitative estimate of drug-likeness (QED) is 0.453. The summed E-state index contributed by atoms with van der Waals surface area (Å²) < 4.78 is 33.3. The van der Waals surface area contributed by atoms with Gasteiger partial charge in [0, 0.05) is 6.54 Å². The van der Waals surface area contributed by atoms with Gasteiger partial charge < -0.3 is 10.1 Å². The Bertz CT molecular complexity index is 1190. The van der Waals surface area contributed by atoms with Gasteiger partial charge in [-0.05, 0) is 73.7 Å². The Balaban J connectivity index is 1.72. The highest BCUT2D eigenvalue weighted by Crippen LogP contribution is 2.25. The fraction of sp³-hybridized carbons (Fsp3) is 0.269. The standard InChI is InChI=1S/C26H30N2O4S/c1-20-15-16-23(18-21(20)2)28(33(30,31)24-12-5-4-6-13-24)19-26(29)27-17-9-11-22-10-7-8-14-25(22)32-3/h4-8,10,12-16,18H,9,11,17,19H2,1-3H3,(H,27,29). The van der Waals surface area contributed by atoms with E-state index in [1.165, 1.54) is 16.4 Å². The van der Waals surface area contributed by atoms with E-state index in [4.69, 9.17) is 4.74 Å². The zero-order valence-corrected chi connectivity index (χ0v) is 20.1. The summed E-state index contributed by atoms with van der Waals surface area (Å²) in [4.78, 5) is 12.9. The average molecular weight is 467 g/mol. The molecule has 3 rings (SSSR count). The van der Waals surface area contributed by atoms with Crippen LogP contribution in [0.15, 0.2) is 77.7 Å². The van der Waals surface area contributed by atoms with Crippen molar-refractivity contribution in [3.05, 3.63) is 89.5 Å². The van der Waals surface area contributed by atoms with Gasteiger partial charge in [0.15, 0.2) is 0 Å². The molecule has 3 aromatic rings. The van der Waals surface area contributed by atoms with Gasteiger partial charge in [-0.1, -0.05) is 42.5 Å². The molecule has 0 aliphatic carbocycles. The molecule has 0 fully saturated rings. The maximum Gasteiger partial charge on any atom is 0.264 e. The summed E-state index contributed by atoms with van der Waals surface area (Å²) in [7, 11) is -2.27. The number of nitrogens with zero attached hydrogens (tertiary/aromatic N) is 1. The van der Waals surface area contributed by atoms with Crippen molar-refractivity contribution in [1.82, 2.24) is 5.32 Å². The first-order valence-electron chi connectivity index (χ1n) is 10.9. The van der Waals surface area contributed by atoms with Crippen LogP contribution in [0.3, 0.4) is 0 Å². The zero-order chi connectivity index (χ0) is 23.8. The van der Waals surface area contributed by atoms with E-state index in [9.17, 15) is 13.2 Å². The molecule has 0 aromatic heterocycles. The Morgan fingerprint density at radius 3 is 2.33 bits per heavy atom. The first-order valence-corrected chi connectivity index (χ1v) is 12.3. The van der Waals surface area contributed by atoms with Crippen molar-refractivity contribution in [3.8, 4) is 5.75 Å². The molecule has 33 heavy (non-hydrogen) atoms. The van der Waals surface area contributed by atoms with E-state index in [1.807, 2.05) is 44.2 Å². The SMILES string of the molecule is COc1ccccc1CCCNC(=O)CN(c1ccc(C)c(C)c1)S(=O)(=O)c1ccccc1. The van der Waals surface area contributed by atoms with Gasteiger partial charge in [-0.3, -0.25) is 9.10 Å². The number of aryl methyl sites for hydroxylation is 3. The molecule has 174 valence electrons. The van der Waals surface area contributed by atoms with Crippen LogP contribution < -0.4 is 14.4 Å². The molecular weight excluding hydrogens is 436 g/mol. The van der Waals surface area contributed by atoms with Crippen molar-refractivity contribution >= 4 is 21.6 Å². The van der Waals surface area contributed by atoms with Gasteiger partial charge in [-0.2, -0.15) is 0 Å². The van der Waals surface area contributed by atoms with E-state index < -0.39 is 10.0 Å². The molecule has 7 heteroatoms. The monoisotopic (exact) mass is 466 g/mol. The summed E-state index contributed by atoms with van der Waals surface area (Å²) in [5, 5.41) is 2.85. The number of carbonyl (C=O) groups excluding carboxylic acids is 1. The highest BCUT2D eigenvalue weighted by Gasteiger charge is 2.27. The minimum Gasteiger partial charge on any atom is -0.496 e. The smallest absolute Gasteiger partial charge is 0.264 e. The van der Waals surface area contributed by atoms with Crippen molar-refractivity contribution in [2.45, 2.75) is 31.6 Å². The lowest BCUT2D eigenvalue weighted by atomic mass is 10.1. The van der Waals surface area contributed by atoms with Gasteiger partial charge in [-0.15, -0.1) is 0 Å². The van der Waals surface area contributed by atoms with Crippen LogP contribution >= 0.6 is 0 Å². The van der Waals surface area contributed by atoms with Crippen molar-refractivity contribution in [3.63, 3.8) is 0 Å². The van der Waals surface area contributed by atoms with Crippen LogP contribution in [0.4, 0.5) is 5.69 Å². The molecule has 6 nitrogen and oxygen atoms in total. The Kier molecular flexibility index (Phi) is 8.11. The van der Waals surface area contributed by atoms with Crippen LogP contribution in [0.25, 0.3) is 0 Å². The summed E-state index contributed by atoms with van der Waals surface area (Å²) in [6.45, 7) is 4.02. The lowest BCUT2D eigenvalue weighted by Crippen LogP contribution is -2.41. The molecule has 0 unspecified atom stereocenters. The molecule has 3 aromatic carbocycles. The lowest BCUT2D eigenvalue weighted by molar-refractivity contribution is -0.119. The third-order valence-electron chi connectivity index (χ3n) is 5.53. The minimum atomic E-state index is -3.91. The second-order valence-corrected chi connectivity index (χ2v) is 9.72. The number of hydrogen-bond acceptors (Lipinski definition) is 4. The largest absolute Gasteiger partial charge is 0.496 e. The second-order valence-electron chi connectivity index (χ2n) is 7.86. The van der Waals surface area contributed by atoms with E-state index in [1.54, 1.807) is 37.4 Å². The molecule has 1 N–H and O–H groups in total. The van der Waals surface area contributed by atoms with Crippen LogP contribution in [-0.2, 0) is 21.2 Å². The number of carbonyl (C=O) groups is 1. The summed E-state index contributed by atoms with van der Waals surface area (Å²) in [6.07, 6.45) is 1.45. The van der Waals surface area contributed by atoms with Gasteiger partial charge >= 0.3 is 0 Å². The summed E-state index contributed by atoms with van der Waals surface area (Å²) >= 11 is 0. The van der Waals surface area contributed by atoms with Crippen molar-refractivity contribution < 1.29 is 17.9 Å². The van der Waals surface area contributed by atoms with Crippen molar-refractivity contribution in [2.24, 2.45) is 0 Å². The Morgan fingerprint density at radius 1 is 0.939 bits per heavy atom. The van der Waals surface area contributed by atoms with Gasteiger partial charge in [-0.25, -0.2) is 8.42 Å². The molecule has 0 heterocycles. The molecule has 0 saturated heterocycles. The number of methoxy groups -OCH3 is 1. The first kappa shape index (κ1) is 24.3. The number of rotatable bonds is 10. The zero-order valence-electron chi connectivity index (χ0n) is 19.2. The van der Waals surface area contributed by atoms with E-state index in [-0.39, 0.29) is 17.3 Å². The maximum absolute atomic E-state index is 13.4. The number of hydrogen-bond donors (Lipinski definition) is 1. The molecule has 1 amide bonds. The number of ether oxygens (including phenoxy) is 1. The fourth-order valence-corrected chi connectivity index (χ4v) is 4.95. The van der Waals surface area contributed by atoms with Gasteiger partial charge in [0.2, 0.25) is 5.91 Å². The number of nitrogens with one attached hydrogen (secondary N) is 1. The third kappa shape index (κ3) is 6.14. The van der Waals surface area contributed by atoms with Crippen LogP contribution in [0.5, 0.6) is 5.75 Å². The molecule has 0 aliphatic heterocycles. The molecule has 0 aliphatic rings. The highest BCUT2D eigenvalue weighted by molar-refractivity contribution is 7.92. The highest BCUT2D eigenvalue weighted by atomic mass is 32.2. The fourth-order valence-electron chi connectivity index (χ4n) is 3.52. The molecule has 0 atom stereocenters. The predicted octanol–water partition coefficient (Wildman–Crippen LogP) is 4.26. The normalized spacial score (nSPS) is 11.1. The molecule has 0 saturated carbocycles. The van der Waals surface area contributed by atoms with E-state index >= 15 is 0 Å². The van der Waals surface area contributed by atoms with Crippen LogP contribution in [0.1, 0.15) is 23.1 Å². The number of amides is 1. The van der Waals surface area contributed by atoms with Crippen molar-refractivity contribution in [1.29, 1.82) is 0 Å². The van der Waals surface area contributed by atoms with Crippen LogP contribution in [0, 0.1) is 13.8 Å². The number of para-hydroxylation sites is 1. The number of benzene rings is 3. The van der Waals surface area contributed by atoms with Gasteiger partial charge in [0.1, 0.15) is 12.3 Å². The number of anilines is 1. The molecular formula is C26H30N2O4S. The van der Waals surface area contributed by atoms with E-state index in [0.29, 0.717) is 18.7 Å². The summed E-state index contributed by atoms with van der Waals surface area (Å²) in [6, 6.07) is 21.3. The Labute approximate surface area is 196 Å². The lowest BCUT2D eigenvalue weighted by Gasteiger charge is -2.25. The van der Waals surface area contributed by atoms with E-state index in [2.05, 4.69) is 5.32 Å². The molecule has 0 spiro atoms. The third-order valence-corrected chi connectivity index (χ3v) is 7.32. The Hall–Kier alpha value is -3.32. The predicted molar refractivity (Wildman–Crippen MR) is 131 cm³/mol. The maximum atomic E-state index is 13.4. The number of sulfonamides is 1. The molecule has 0 bridgehead atoms. The topological polar surface area (TPSA) is 75.7 Å². The average Bonchev–Trinajstić information content (AvgIpc) is 2.83. The van der Waals surface area contributed by atoms with Crippen LogP contribution in [0.2, 0.25) is 0 Å². The van der Waals surface area contributed by atoms with Crippen LogP contribution in [-0.4, -0.2) is 34.5 Å². The van der Waals surface area contributed by atoms with Gasteiger partial charge in [0.05, 0.1) is 17.7 Å². The van der Waals surface area contributed by atoms with Gasteiger partial charge in [0.25, 0.3) is 10.0 Å².